The van der Waals surface area contributed by atoms with Gasteiger partial charge in [0.15, 0.2) is 0 Å². The highest BCUT2D eigenvalue weighted by atomic mass is 79.9. The van der Waals surface area contributed by atoms with Gasteiger partial charge in [-0.05, 0) is 48.8 Å². The molecule has 0 bridgehead atoms. The number of aromatic nitrogens is 3. The maximum Gasteiger partial charge on any atom is 0.253 e. The molecule has 0 spiro atoms. The second kappa shape index (κ2) is 5.10. The molecule has 2 aromatic heterocycles. The lowest BCUT2D eigenvalue weighted by Gasteiger charge is -2.07. The Morgan fingerprint density at radius 1 is 1.44 bits per heavy atom. The fraction of sp³-hybridized carbons (Fsp3) is 0.385. The van der Waals surface area contributed by atoms with Crippen molar-refractivity contribution in [1.82, 2.24) is 14.3 Å². The molecule has 2 aromatic rings. The number of rotatable bonds is 3. The summed E-state index contributed by atoms with van der Waals surface area (Å²) >= 11 is 3.40. The molecule has 0 saturated carbocycles. The fourth-order valence-electron chi connectivity index (χ4n) is 1.78. The van der Waals surface area contributed by atoms with E-state index in [0.29, 0.717) is 12.6 Å². The molecule has 18 heavy (non-hydrogen) atoms. The molecule has 0 atom stereocenters. The first-order valence-electron chi connectivity index (χ1n) is 5.88. The molecule has 0 aliphatic rings. The number of hydrogen-bond acceptors (Lipinski definition) is 2. The molecule has 2 heterocycles. The van der Waals surface area contributed by atoms with E-state index in [0.717, 1.165) is 15.7 Å². The molecule has 5 heteroatoms. The summed E-state index contributed by atoms with van der Waals surface area (Å²) < 4.78 is 4.47. The van der Waals surface area contributed by atoms with Crippen LogP contribution in [-0.2, 0) is 6.54 Å². The molecule has 0 unspecified atom stereocenters. The molecular weight excluding hydrogens is 294 g/mol. The van der Waals surface area contributed by atoms with Gasteiger partial charge >= 0.3 is 0 Å². The fourth-order valence-corrected chi connectivity index (χ4v) is 2.37. The average molecular weight is 310 g/mol. The topological polar surface area (TPSA) is 39.8 Å². The summed E-state index contributed by atoms with van der Waals surface area (Å²) in [6.45, 7) is 6.47. The summed E-state index contributed by atoms with van der Waals surface area (Å²) in [5.74, 6) is 0. The smallest absolute Gasteiger partial charge is 0.253 e. The van der Waals surface area contributed by atoms with Crippen LogP contribution < -0.4 is 5.56 Å². The summed E-state index contributed by atoms with van der Waals surface area (Å²) in [4.78, 5) is 12.0. The second-order valence-electron chi connectivity index (χ2n) is 4.66. The summed E-state index contributed by atoms with van der Waals surface area (Å²) in [6.07, 6.45) is 3.74. The Kier molecular flexibility index (Phi) is 3.71. The highest BCUT2D eigenvalue weighted by Gasteiger charge is 2.06. The lowest BCUT2D eigenvalue weighted by molar-refractivity contribution is 0.523. The molecule has 96 valence electrons. The number of aryl methyl sites for hydroxylation is 1. The third-order valence-electron chi connectivity index (χ3n) is 2.76. The van der Waals surface area contributed by atoms with Gasteiger partial charge in [0, 0.05) is 28.5 Å². The molecule has 0 amide bonds. The predicted molar refractivity (Wildman–Crippen MR) is 74.9 cm³/mol. The van der Waals surface area contributed by atoms with Crippen LogP contribution in [0.3, 0.4) is 0 Å². The molecule has 0 N–H and O–H groups in total. The zero-order valence-corrected chi connectivity index (χ0v) is 12.3. The Labute approximate surface area is 114 Å². The number of hydrogen-bond donors (Lipinski definition) is 0. The van der Waals surface area contributed by atoms with Crippen LogP contribution in [0, 0.1) is 6.92 Å². The van der Waals surface area contributed by atoms with Gasteiger partial charge in [0.25, 0.3) is 5.56 Å². The SMILES string of the molecule is Cc1cc(Br)cn(Cc2ccn(C(C)C)n2)c1=O. The third kappa shape index (κ3) is 2.72. The van der Waals surface area contributed by atoms with Crippen LogP contribution in [-0.4, -0.2) is 14.3 Å². The zero-order chi connectivity index (χ0) is 13.3. The van der Waals surface area contributed by atoms with Gasteiger partial charge in [-0.25, -0.2) is 0 Å². The van der Waals surface area contributed by atoms with E-state index in [-0.39, 0.29) is 5.56 Å². The van der Waals surface area contributed by atoms with E-state index in [4.69, 9.17) is 0 Å². The van der Waals surface area contributed by atoms with Gasteiger partial charge in [0.05, 0.1) is 12.2 Å². The minimum atomic E-state index is 0.0253. The van der Waals surface area contributed by atoms with E-state index in [1.165, 1.54) is 0 Å². The lowest BCUT2D eigenvalue weighted by atomic mass is 10.3. The standard InChI is InChI=1S/C13H16BrN3O/c1-9(2)17-5-4-12(15-17)8-16-7-11(14)6-10(3)13(16)18/h4-7,9H,8H2,1-3H3. The van der Waals surface area contributed by atoms with Gasteiger partial charge < -0.3 is 4.57 Å². The molecule has 0 aromatic carbocycles. The maximum atomic E-state index is 12.0. The summed E-state index contributed by atoms with van der Waals surface area (Å²) in [5, 5.41) is 4.45. The van der Waals surface area contributed by atoms with Gasteiger partial charge in [-0.3, -0.25) is 9.48 Å². The van der Waals surface area contributed by atoms with Crippen molar-refractivity contribution < 1.29 is 0 Å². The van der Waals surface area contributed by atoms with E-state index in [2.05, 4.69) is 34.9 Å². The van der Waals surface area contributed by atoms with Crippen molar-refractivity contribution in [3.63, 3.8) is 0 Å². The van der Waals surface area contributed by atoms with E-state index in [9.17, 15) is 4.79 Å². The Balaban J connectivity index is 2.31. The Morgan fingerprint density at radius 2 is 2.17 bits per heavy atom. The van der Waals surface area contributed by atoms with Crippen molar-refractivity contribution in [2.75, 3.05) is 0 Å². The Morgan fingerprint density at radius 3 is 2.78 bits per heavy atom. The van der Waals surface area contributed by atoms with Gasteiger partial charge in [-0.2, -0.15) is 5.10 Å². The number of nitrogens with zero attached hydrogens (tertiary/aromatic N) is 3. The largest absolute Gasteiger partial charge is 0.308 e. The minimum absolute atomic E-state index is 0.0253. The van der Waals surface area contributed by atoms with Gasteiger partial charge in [0.2, 0.25) is 0 Å². The van der Waals surface area contributed by atoms with E-state index in [1.54, 1.807) is 10.8 Å². The van der Waals surface area contributed by atoms with Crippen molar-refractivity contribution in [2.24, 2.45) is 0 Å². The molecule has 0 fully saturated rings. The van der Waals surface area contributed by atoms with E-state index >= 15 is 0 Å². The first kappa shape index (κ1) is 13.1. The second-order valence-corrected chi connectivity index (χ2v) is 5.57. The van der Waals surface area contributed by atoms with E-state index in [1.807, 2.05) is 29.9 Å². The highest BCUT2D eigenvalue weighted by molar-refractivity contribution is 9.10. The van der Waals surface area contributed by atoms with Crippen LogP contribution >= 0.6 is 15.9 Å². The predicted octanol–water partition coefficient (Wildman–Crippen LogP) is 2.74. The maximum absolute atomic E-state index is 12.0. The Hall–Kier alpha value is -1.36. The minimum Gasteiger partial charge on any atom is -0.308 e. The van der Waals surface area contributed by atoms with Crippen molar-refractivity contribution in [3.05, 3.63) is 50.6 Å². The summed E-state index contributed by atoms with van der Waals surface area (Å²) in [6, 6.07) is 4.11. The van der Waals surface area contributed by atoms with Crippen molar-refractivity contribution in [2.45, 2.75) is 33.4 Å². The number of halogens is 1. The van der Waals surface area contributed by atoms with Gasteiger partial charge in [-0.1, -0.05) is 0 Å². The van der Waals surface area contributed by atoms with Crippen LogP contribution in [0.1, 0.15) is 31.1 Å². The van der Waals surface area contributed by atoms with Crippen LogP contribution in [0.15, 0.2) is 33.8 Å². The number of pyridine rings is 1. The molecular formula is C13H16BrN3O. The van der Waals surface area contributed by atoms with Crippen molar-refractivity contribution >= 4 is 15.9 Å². The van der Waals surface area contributed by atoms with Gasteiger partial charge in [0.1, 0.15) is 0 Å². The average Bonchev–Trinajstić information content (AvgIpc) is 2.74. The summed E-state index contributed by atoms with van der Waals surface area (Å²) in [5.41, 5.74) is 1.65. The lowest BCUT2D eigenvalue weighted by Crippen LogP contribution is -2.22. The monoisotopic (exact) mass is 309 g/mol. The van der Waals surface area contributed by atoms with E-state index < -0.39 is 0 Å². The molecule has 0 aliphatic carbocycles. The molecule has 0 radical (unpaired) electrons. The first-order chi connectivity index (χ1) is 8.47. The van der Waals surface area contributed by atoms with Crippen molar-refractivity contribution in [3.8, 4) is 0 Å². The van der Waals surface area contributed by atoms with Crippen LogP contribution in [0.25, 0.3) is 0 Å². The van der Waals surface area contributed by atoms with Crippen LogP contribution in [0.5, 0.6) is 0 Å². The Bertz CT molecular complexity index is 613. The summed E-state index contributed by atoms with van der Waals surface area (Å²) in [7, 11) is 0. The highest BCUT2D eigenvalue weighted by Crippen LogP contribution is 2.10. The quantitative estimate of drug-likeness (QED) is 0.874. The molecule has 0 aliphatic heterocycles. The third-order valence-corrected chi connectivity index (χ3v) is 3.19. The molecule has 0 saturated heterocycles. The van der Waals surface area contributed by atoms with Crippen molar-refractivity contribution in [1.29, 1.82) is 0 Å². The molecule has 4 nitrogen and oxygen atoms in total. The normalized spacial score (nSPS) is 11.2. The molecule has 2 rings (SSSR count). The van der Waals surface area contributed by atoms with Gasteiger partial charge in [-0.15, -0.1) is 0 Å². The van der Waals surface area contributed by atoms with Crippen LogP contribution in [0.2, 0.25) is 0 Å². The van der Waals surface area contributed by atoms with Crippen LogP contribution in [0.4, 0.5) is 0 Å². The first-order valence-corrected chi connectivity index (χ1v) is 6.67. The zero-order valence-electron chi connectivity index (χ0n) is 10.7.